The van der Waals surface area contributed by atoms with Crippen LogP contribution in [0.5, 0.6) is 0 Å². The van der Waals surface area contributed by atoms with Crippen LogP contribution in [0.2, 0.25) is 0 Å². The normalized spacial score (nSPS) is 23.9. The van der Waals surface area contributed by atoms with E-state index in [1.807, 2.05) is 6.07 Å². The number of nitrogens with two attached hydrogens (primary N) is 1. The molecule has 2 nitrogen and oxygen atoms in total. The summed E-state index contributed by atoms with van der Waals surface area (Å²) < 4.78 is 0. The smallest absolute Gasteiger partial charge is 0.0476 e. The summed E-state index contributed by atoms with van der Waals surface area (Å²) >= 11 is 0. The van der Waals surface area contributed by atoms with Crippen molar-refractivity contribution < 1.29 is 0 Å². The van der Waals surface area contributed by atoms with Gasteiger partial charge in [-0.1, -0.05) is 30.3 Å². The summed E-state index contributed by atoms with van der Waals surface area (Å²) in [7, 11) is 0. The van der Waals surface area contributed by atoms with Crippen molar-refractivity contribution in [1.29, 1.82) is 0 Å². The highest BCUT2D eigenvalue weighted by atomic mass is 15.2. The van der Waals surface area contributed by atoms with E-state index in [0.29, 0.717) is 6.04 Å². The molecule has 0 unspecified atom stereocenters. The van der Waals surface area contributed by atoms with Crippen LogP contribution < -0.4 is 5.73 Å². The van der Waals surface area contributed by atoms with Crippen molar-refractivity contribution in [2.45, 2.75) is 51.2 Å². The molecule has 0 saturated carbocycles. The maximum absolute atomic E-state index is 6.47. The molecule has 0 aliphatic carbocycles. The van der Waals surface area contributed by atoms with Gasteiger partial charge in [0.15, 0.2) is 0 Å². The minimum atomic E-state index is 0.0251. The quantitative estimate of drug-likeness (QED) is 0.868. The van der Waals surface area contributed by atoms with Crippen LogP contribution >= 0.6 is 0 Å². The van der Waals surface area contributed by atoms with Crippen LogP contribution in [0.15, 0.2) is 30.3 Å². The maximum Gasteiger partial charge on any atom is 0.0476 e. The molecule has 2 N–H and O–H groups in total. The first-order chi connectivity index (χ1) is 8.03. The zero-order valence-corrected chi connectivity index (χ0v) is 11.2. The highest BCUT2D eigenvalue weighted by molar-refractivity contribution is 5.22. The lowest BCUT2D eigenvalue weighted by Gasteiger charge is -2.43. The predicted molar refractivity (Wildman–Crippen MR) is 72.9 cm³/mol. The van der Waals surface area contributed by atoms with Crippen LogP contribution in [0, 0.1) is 0 Å². The highest BCUT2D eigenvalue weighted by Gasteiger charge is 2.38. The molecule has 0 radical (unpaired) electrons. The SMILES string of the molecule is C[C@@H]1CCCN1C(C)(C)[C@H](N)c1ccccc1. The molecule has 1 fully saturated rings. The Hall–Kier alpha value is -0.860. The summed E-state index contributed by atoms with van der Waals surface area (Å²) in [5.74, 6) is 0. The van der Waals surface area contributed by atoms with Gasteiger partial charge in [0, 0.05) is 17.6 Å². The molecule has 1 aromatic carbocycles. The van der Waals surface area contributed by atoms with Crippen LogP contribution in [0.4, 0.5) is 0 Å². The van der Waals surface area contributed by atoms with Gasteiger partial charge in [-0.2, -0.15) is 0 Å². The Morgan fingerprint density at radius 1 is 1.29 bits per heavy atom. The predicted octanol–water partition coefficient (Wildman–Crippen LogP) is 2.95. The number of nitrogens with zero attached hydrogens (tertiary/aromatic N) is 1. The molecule has 0 aromatic heterocycles. The molecule has 1 heterocycles. The van der Waals surface area contributed by atoms with Crippen LogP contribution in [-0.2, 0) is 0 Å². The first-order valence-electron chi connectivity index (χ1n) is 6.60. The Balaban J connectivity index is 2.20. The van der Waals surface area contributed by atoms with E-state index < -0.39 is 0 Å². The summed E-state index contributed by atoms with van der Waals surface area (Å²) in [6.07, 6.45) is 2.59. The molecule has 1 aliphatic rings. The van der Waals surface area contributed by atoms with E-state index in [0.717, 1.165) is 0 Å². The van der Waals surface area contributed by atoms with E-state index in [9.17, 15) is 0 Å². The summed E-state index contributed by atoms with van der Waals surface area (Å²) in [6, 6.07) is 11.2. The minimum Gasteiger partial charge on any atom is -0.322 e. The second-order valence-electron chi connectivity index (χ2n) is 5.73. The van der Waals surface area contributed by atoms with Crippen molar-refractivity contribution in [3.63, 3.8) is 0 Å². The van der Waals surface area contributed by atoms with Gasteiger partial charge in [0.1, 0.15) is 0 Å². The molecule has 1 aliphatic heterocycles. The standard InChI is InChI=1S/C15H24N2/c1-12-8-7-11-17(12)15(2,3)14(16)13-9-5-4-6-10-13/h4-6,9-10,12,14H,7-8,11,16H2,1-3H3/t12-,14-/m1/s1. The van der Waals surface area contributed by atoms with E-state index in [4.69, 9.17) is 5.73 Å². The van der Waals surface area contributed by atoms with Gasteiger partial charge in [-0.15, -0.1) is 0 Å². The van der Waals surface area contributed by atoms with Gasteiger partial charge in [0.25, 0.3) is 0 Å². The number of benzene rings is 1. The second kappa shape index (κ2) is 4.79. The lowest BCUT2D eigenvalue weighted by molar-refractivity contribution is 0.0876. The molecular weight excluding hydrogens is 208 g/mol. The summed E-state index contributed by atoms with van der Waals surface area (Å²) in [5, 5.41) is 0. The lowest BCUT2D eigenvalue weighted by atomic mass is 9.87. The first-order valence-corrected chi connectivity index (χ1v) is 6.60. The second-order valence-corrected chi connectivity index (χ2v) is 5.73. The Morgan fingerprint density at radius 3 is 2.47 bits per heavy atom. The average Bonchev–Trinajstić information content (AvgIpc) is 2.76. The average molecular weight is 232 g/mol. The molecule has 0 amide bonds. The van der Waals surface area contributed by atoms with Gasteiger partial charge in [0.05, 0.1) is 0 Å². The number of rotatable bonds is 3. The Morgan fingerprint density at radius 2 is 1.94 bits per heavy atom. The monoisotopic (exact) mass is 232 g/mol. The summed E-state index contributed by atoms with van der Waals surface area (Å²) in [5.41, 5.74) is 7.73. The molecular formula is C15H24N2. The fourth-order valence-corrected chi connectivity index (χ4v) is 3.04. The van der Waals surface area contributed by atoms with Gasteiger partial charge >= 0.3 is 0 Å². The van der Waals surface area contributed by atoms with E-state index >= 15 is 0 Å². The van der Waals surface area contributed by atoms with Crippen molar-refractivity contribution in [2.75, 3.05) is 6.54 Å². The summed E-state index contributed by atoms with van der Waals surface area (Å²) in [4.78, 5) is 2.56. The Labute approximate surface area is 105 Å². The van der Waals surface area contributed by atoms with E-state index in [-0.39, 0.29) is 11.6 Å². The molecule has 2 atom stereocenters. The molecule has 0 bridgehead atoms. The largest absolute Gasteiger partial charge is 0.322 e. The molecule has 17 heavy (non-hydrogen) atoms. The number of hydrogen-bond donors (Lipinski definition) is 1. The highest BCUT2D eigenvalue weighted by Crippen LogP contribution is 2.34. The molecule has 1 saturated heterocycles. The topological polar surface area (TPSA) is 29.3 Å². The van der Waals surface area contributed by atoms with Gasteiger partial charge in [-0.25, -0.2) is 0 Å². The van der Waals surface area contributed by atoms with Crippen molar-refractivity contribution >= 4 is 0 Å². The Bertz CT molecular complexity index is 358. The zero-order chi connectivity index (χ0) is 12.5. The summed E-state index contributed by atoms with van der Waals surface area (Å²) in [6.45, 7) is 8.03. The lowest BCUT2D eigenvalue weighted by Crippen LogP contribution is -2.52. The van der Waals surface area contributed by atoms with Gasteiger partial charge < -0.3 is 5.73 Å². The van der Waals surface area contributed by atoms with Crippen LogP contribution in [0.3, 0.4) is 0 Å². The fourth-order valence-electron chi connectivity index (χ4n) is 3.04. The number of likely N-dealkylation sites (tertiary alicyclic amines) is 1. The van der Waals surface area contributed by atoms with Crippen molar-refractivity contribution in [3.8, 4) is 0 Å². The fraction of sp³-hybridized carbons (Fsp3) is 0.600. The van der Waals surface area contributed by atoms with E-state index in [1.165, 1.54) is 24.9 Å². The third-order valence-electron chi connectivity index (χ3n) is 4.21. The van der Waals surface area contributed by atoms with Gasteiger partial charge in [-0.3, -0.25) is 4.90 Å². The molecule has 94 valence electrons. The third kappa shape index (κ3) is 2.38. The van der Waals surface area contributed by atoms with Crippen LogP contribution in [0.25, 0.3) is 0 Å². The Kier molecular flexibility index (Phi) is 3.55. The maximum atomic E-state index is 6.47. The molecule has 2 rings (SSSR count). The van der Waals surface area contributed by atoms with Crippen LogP contribution in [-0.4, -0.2) is 23.0 Å². The van der Waals surface area contributed by atoms with Gasteiger partial charge in [0.2, 0.25) is 0 Å². The van der Waals surface area contributed by atoms with E-state index in [2.05, 4.69) is 49.9 Å². The molecule has 2 heteroatoms. The minimum absolute atomic E-state index is 0.0251. The van der Waals surface area contributed by atoms with Crippen LogP contribution in [0.1, 0.15) is 45.2 Å². The van der Waals surface area contributed by atoms with Crippen molar-refractivity contribution in [1.82, 2.24) is 4.90 Å². The molecule has 0 spiro atoms. The van der Waals surface area contributed by atoms with Crippen molar-refractivity contribution in [2.24, 2.45) is 5.73 Å². The van der Waals surface area contributed by atoms with Crippen molar-refractivity contribution in [3.05, 3.63) is 35.9 Å². The third-order valence-corrected chi connectivity index (χ3v) is 4.21. The van der Waals surface area contributed by atoms with E-state index in [1.54, 1.807) is 0 Å². The number of hydrogen-bond acceptors (Lipinski definition) is 2. The zero-order valence-electron chi connectivity index (χ0n) is 11.2. The molecule has 1 aromatic rings. The first kappa shape index (κ1) is 12.6. The van der Waals surface area contributed by atoms with Gasteiger partial charge in [-0.05, 0) is 45.7 Å².